The van der Waals surface area contributed by atoms with E-state index in [2.05, 4.69) is 10.3 Å². The molecule has 0 atom stereocenters. The molecule has 0 saturated carbocycles. The zero-order valence-corrected chi connectivity index (χ0v) is 21.5. The molecule has 3 rings (SSSR count). The number of aryl methyl sites for hydroxylation is 1. The normalized spacial score (nSPS) is 11.9. The number of rotatable bonds is 10. The van der Waals surface area contributed by atoms with Crippen molar-refractivity contribution in [1.29, 1.82) is 0 Å². The highest BCUT2D eigenvalue weighted by atomic mass is 32.2. The molecule has 0 unspecified atom stereocenters. The van der Waals surface area contributed by atoms with Gasteiger partial charge in [0.05, 0.1) is 17.2 Å². The predicted octanol–water partition coefficient (Wildman–Crippen LogP) is 3.92. The molecule has 34 heavy (non-hydrogen) atoms. The molecule has 0 bridgehead atoms. The van der Waals surface area contributed by atoms with Crippen molar-refractivity contribution in [3.63, 3.8) is 0 Å². The van der Waals surface area contributed by atoms with Crippen molar-refractivity contribution in [3.05, 3.63) is 47.3 Å². The van der Waals surface area contributed by atoms with Crippen molar-refractivity contribution < 1.29 is 22.0 Å². The van der Waals surface area contributed by atoms with Gasteiger partial charge in [0.25, 0.3) is 5.91 Å². The van der Waals surface area contributed by atoms with Gasteiger partial charge in [-0.1, -0.05) is 18.9 Å². The maximum Gasteiger partial charge on any atom is 0.255 e. The van der Waals surface area contributed by atoms with E-state index < -0.39 is 15.8 Å². The van der Waals surface area contributed by atoms with Crippen LogP contribution >= 0.6 is 11.9 Å². The molecule has 0 radical (unpaired) electrons. The van der Waals surface area contributed by atoms with Gasteiger partial charge in [0, 0.05) is 25.7 Å². The molecule has 11 heteroatoms. The summed E-state index contributed by atoms with van der Waals surface area (Å²) in [6.45, 7) is 2.85. The molecule has 1 aromatic carbocycles. The molecule has 1 amide bonds. The highest BCUT2D eigenvalue weighted by Gasteiger charge is 2.27. The minimum absolute atomic E-state index is 0.139. The van der Waals surface area contributed by atoms with Crippen LogP contribution in [0.25, 0.3) is 22.4 Å². The first-order valence-electron chi connectivity index (χ1n) is 10.8. The Morgan fingerprint density at radius 3 is 2.47 bits per heavy atom. The summed E-state index contributed by atoms with van der Waals surface area (Å²) in [7, 11) is -0.171. The monoisotopic (exact) mass is 508 g/mol. The number of hydrogen-bond acceptors (Lipinski definition) is 7. The molecule has 184 valence electrons. The number of nitrogens with zero attached hydrogens (tertiary/aromatic N) is 3. The number of benzene rings is 1. The Labute approximate surface area is 203 Å². The lowest BCUT2D eigenvalue weighted by Crippen LogP contribution is -2.33. The molecule has 0 saturated heterocycles. The lowest BCUT2D eigenvalue weighted by Gasteiger charge is -2.24. The number of anilines is 1. The van der Waals surface area contributed by atoms with E-state index in [1.54, 1.807) is 18.0 Å². The Morgan fingerprint density at radius 2 is 1.91 bits per heavy atom. The van der Waals surface area contributed by atoms with Crippen molar-refractivity contribution in [2.75, 3.05) is 44.0 Å². The van der Waals surface area contributed by atoms with Gasteiger partial charge in [-0.15, -0.1) is 0 Å². The molecule has 2 heterocycles. The Kier molecular flexibility index (Phi) is 8.21. The van der Waals surface area contributed by atoms with Gasteiger partial charge >= 0.3 is 0 Å². The van der Waals surface area contributed by atoms with Crippen LogP contribution < -0.4 is 9.62 Å². The first kappa shape index (κ1) is 26.0. The summed E-state index contributed by atoms with van der Waals surface area (Å²) in [5.41, 5.74) is 1.59. The predicted molar refractivity (Wildman–Crippen MR) is 135 cm³/mol. The van der Waals surface area contributed by atoms with Gasteiger partial charge in [-0.25, -0.2) is 12.8 Å². The number of halogens is 1. The van der Waals surface area contributed by atoms with E-state index in [-0.39, 0.29) is 35.3 Å². The Morgan fingerprint density at radius 1 is 1.24 bits per heavy atom. The van der Waals surface area contributed by atoms with Gasteiger partial charge in [0.2, 0.25) is 15.7 Å². The fourth-order valence-corrected chi connectivity index (χ4v) is 4.89. The summed E-state index contributed by atoms with van der Waals surface area (Å²) in [6, 6.07) is 7.36. The minimum Gasteiger partial charge on any atom is -0.437 e. The van der Waals surface area contributed by atoms with Crippen LogP contribution in [-0.4, -0.2) is 63.3 Å². The molecule has 0 fully saturated rings. The lowest BCUT2D eigenvalue weighted by molar-refractivity contribution is 0.0964. The van der Waals surface area contributed by atoms with Crippen molar-refractivity contribution in [2.45, 2.75) is 19.8 Å². The lowest BCUT2D eigenvalue weighted by atomic mass is 10.0. The zero-order chi connectivity index (χ0) is 25.0. The molecule has 1 N–H and O–H groups in total. The number of nitrogens with one attached hydrogen (secondary N) is 1. The molecular formula is C23H29FN4O4S2. The van der Waals surface area contributed by atoms with Crippen molar-refractivity contribution in [1.82, 2.24) is 14.6 Å². The largest absolute Gasteiger partial charge is 0.437 e. The number of sulfonamides is 1. The highest BCUT2D eigenvalue weighted by molar-refractivity contribution is 7.96. The molecular weight excluding hydrogens is 479 g/mol. The fourth-order valence-electron chi connectivity index (χ4n) is 3.64. The SMILES string of the molecule is CCc1cc2c(C(=O)NC)c(-c3ccc(F)cc3)oc2nc1N(CCCN(C)SC)S(C)(=O)=O. The Balaban J connectivity index is 2.18. The highest BCUT2D eigenvalue weighted by Crippen LogP contribution is 2.36. The Hall–Kier alpha value is -2.63. The molecule has 0 aliphatic carbocycles. The number of furan rings is 1. The van der Waals surface area contributed by atoms with E-state index in [4.69, 9.17) is 4.42 Å². The van der Waals surface area contributed by atoms with Crippen LogP contribution in [0.5, 0.6) is 0 Å². The summed E-state index contributed by atoms with van der Waals surface area (Å²) in [6.07, 6.45) is 4.21. The van der Waals surface area contributed by atoms with Crippen LogP contribution in [0.3, 0.4) is 0 Å². The van der Waals surface area contributed by atoms with Crippen LogP contribution in [0.4, 0.5) is 10.2 Å². The quantitative estimate of drug-likeness (QED) is 0.415. The van der Waals surface area contributed by atoms with E-state index in [0.717, 1.165) is 6.26 Å². The number of fused-ring (bicyclic) bond motifs is 1. The molecule has 2 aromatic heterocycles. The van der Waals surface area contributed by atoms with E-state index in [1.807, 2.05) is 24.5 Å². The van der Waals surface area contributed by atoms with E-state index in [0.29, 0.717) is 35.9 Å². The zero-order valence-electron chi connectivity index (χ0n) is 19.9. The third-order valence-corrected chi connectivity index (χ3v) is 7.42. The Bertz CT molecular complexity index is 1280. The average molecular weight is 509 g/mol. The summed E-state index contributed by atoms with van der Waals surface area (Å²) in [5, 5.41) is 3.08. The number of aromatic nitrogens is 1. The molecule has 3 aromatic rings. The van der Waals surface area contributed by atoms with Crippen molar-refractivity contribution in [2.24, 2.45) is 0 Å². The van der Waals surface area contributed by atoms with E-state index >= 15 is 0 Å². The van der Waals surface area contributed by atoms with Gasteiger partial charge < -0.3 is 9.73 Å². The standard InChI is InChI=1S/C23H29FN4O4S2/c1-6-15-14-18-19(22(29)25-2)20(16-8-10-17(24)11-9-16)32-23(18)26-21(15)28(34(5,30)31)13-7-12-27(3)33-4/h8-11,14H,6-7,12-13H2,1-5H3,(H,25,29). The minimum atomic E-state index is -3.62. The number of carbonyl (C=O) groups is 1. The van der Waals surface area contributed by atoms with Gasteiger partial charge in [0.1, 0.15) is 17.4 Å². The third-order valence-electron chi connectivity index (χ3n) is 5.46. The van der Waals surface area contributed by atoms with Crippen LogP contribution in [0.15, 0.2) is 34.7 Å². The maximum atomic E-state index is 13.5. The van der Waals surface area contributed by atoms with Crippen molar-refractivity contribution in [3.8, 4) is 11.3 Å². The summed E-state index contributed by atoms with van der Waals surface area (Å²) < 4.78 is 48.2. The smallest absolute Gasteiger partial charge is 0.255 e. The second kappa shape index (κ2) is 10.7. The summed E-state index contributed by atoms with van der Waals surface area (Å²) in [5.74, 6) is -0.263. The van der Waals surface area contributed by atoms with Gasteiger partial charge in [-0.3, -0.25) is 13.4 Å². The number of carbonyl (C=O) groups excluding carboxylic acids is 1. The molecule has 8 nitrogen and oxygen atoms in total. The van der Waals surface area contributed by atoms with Crippen LogP contribution in [0.2, 0.25) is 0 Å². The number of pyridine rings is 1. The molecule has 0 spiro atoms. The third kappa shape index (κ3) is 5.53. The average Bonchev–Trinajstić information content (AvgIpc) is 3.18. The van der Waals surface area contributed by atoms with Gasteiger partial charge in [-0.2, -0.15) is 4.98 Å². The summed E-state index contributed by atoms with van der Waals surface area (Å²) in [4.78, 5) is 17.4. The molecule has 0 aliphatic rings. The van der Waals surface area contributed by atoms with Gasteiger partial charge in [0.15, 0.2) is 0 Å². The first-order valence-corrected chi connectivity index (χ1v) is 13.8. The van der Waals surface area contributed by atoms with Crippen LogP contribution in [0, 0.1) is 5.82 Å². The van der Waals surface area contributed by atoms with Crippen molar-refractivity contribution >= 4 is 44.8 Å². The van der Waals surface area contributed by atoms with Crippen LogP contribution in [-0.2, 0) is 16.4 Å². The number of amides is 1. The maximum absolute atomic E-state index is 13.5. The fraction of sp³-hybridized carbons (Fsp3) is 0.391. The topological polar surface area (TPSA) is 95.8 Å². The number of hydrogen-bond donors (Lipinski definition) is 1. The second-order valence-corrected chi connectivity index (χ2v) is 10.7. The summed E-state index contributed by atoms with van der Waals surface area (Å²) >= 11 is 1.57. The van der Waals surface area contributed by atoms with Crippen LogP contribution in [0.1, 0.15) is 29.3 Å². The second-order valence-electron chi connectivity index (χ2n) is 7.79. The van der Waals surface area contributed by atoms with E-state index in [9.17, 15) is 17.6 Å². The van der Waals surface area contributed by atoms with E-state index in [1.165, 1.54) is 35.6 Å². The first-order chi connectivity index (χ1) is 16.1. The van der Waals surface area contributed by atoms with Gasteiger partial charge in [-0.05, 0) is 62.0 Å². The molecule has 0 aliphatic heterocycles.